The lowest BCUT2D eigenvalue weighted by Gasteiger charge is -2.34. The van der Waals surface area contributed by atoms with Crippen LogP contribution in [-0.2, 0) is 4.79 Å². The zero-order valence-corrected chi connectivity index (χ0v) is 12.4. The topological polar surface area (TPSA) is 65.5 Å². The Morgan fingerprint density at radius 1 is 1.58 bits per heavy atom. The van der Waals surface area contributed by atoms with Gasteiger partial charge in [0, 0.05) is 17.2 Å². The summed E-state index contributed by atoms with van der Waals surface area (Å²) in [6.07, 6.45) is 3.20. The second-order valence-electron chi connectivity index (χ2n) is 5.10. The van der Waals surface area contributed by atoms with E-state index < -0.39 is 0 Å². The molecule has 1 fully saturated rings. The van der Waals surface area contributed by atoms with Crippen LogP contribution < -0.4 is 5.32 Å². The summed E-state index contributed by atoms with van der Waals surface area (Å²) in [5.41, 5.74) is 0. The van der Waals surface area contributed by atoms with Crippen molar-refractivity contribution in [3.05, 3.63) is 22.8 Å². The zero-order chi connectivity index (χ0) is 13.8. The van der Waals surface area contributed by atoms with Crippen molar-refractivity contribution in [2.24, 2.45) is 5.92 Å². The summed E-state index contributed by atoms with van der Waals surface area (Å²) in [6, 6.07) is 3.59. The number of aliphatic hydroxyl groups excluding tert-OH is 1. The SMILES string of the molecule is CN(CC(=O)Nc1ccc(Br)cn1)CC1CC(O)C1. The summed E-state index contributed by atoms with van der Waals surface area (Å²) < 4.78 is 0.881. The number of aromatic nitrogens is 1. The van der Waals surface area contributed by atoms with E-state index in [1.54, 1.807) is 12.3 Å². The highest BCUT2D eigenvalue weighted by Crippen LogP contribution is 2.27. The third kappa shape index (κ3) is 4.56. The molecule has 0 radical (unpaired) electrons. The molecule has 2 rings (SSSR count). The lowest BCUT2D eigenvalue weighted by molar-refractivity contribution is -0.117. The van der Waals surface area contributed by atoms with Crippen LogP contribution in [0.4, 0.5) is 5.82 Å². The molecule has 0 aromatic carbocycles. The lowest BCUT2D eigenvalue weighted by atomic mass is 9.82. The molecule has 1 aromatic rings. The van der Waals surface area contributed by atoms with Gasteiger partial charge in [-0.3, -0.25) is 9.69 Å². The van der Waals surface area contributed by atoms with Gasteiger partial charge in [-0.1, -0.05) is 0 Å². The van der Waals surface area contributed by atoms with Gasteiger partial charge in [0.15, 0.2) is 0 Å². The summed E-state index contributed by atoms with van der Waals surface area (Å²) in [4.78, 5) is 17.9. The smallest absolute Gasteiger partial charge is 0.239 e. The normalized spacial score (nSPS) is 22.1. The molecule has 2 N–H and O–H groups in total. The van der Waals surface area contributed by atoms with E-state index in [1.165, 1.54) is 0 Å². The van der Waals surface area contributed by atoms with E-state index >= 15 is 0 Å². The summed E-state index contributed by atoms with van der Waals surface area (Å²) >= 11 is 3.29. The van der Waals surface area contributed by atoms with Crippen LogP contribution in [0.2, 0.25) is 0 Å². The third-order valence-electron chi connectivity index (χ3n) is 3.19. The first-order valence-electron chi connectivity index (χ1n) is 6.31. The van der Waals surface area contributed by atoms with E-state index in [0.717, 1.165) is 23.9 Å². The molecule has 1 aliphatic carbocycles. The zero-order valence-electron chi connectivity index (χ0n) is 10.8. The van der Waals surface area contributed by atoms with Gasteiger partial charge in [-0.15, -0.1) is 0 Å². The molecule has 1 aromatic heterocycles. The Morgan fingerprint density at radius 3 is 2.89 bits per heavy atom. The molecule has 19 heavy (non-hydrogen) atoms. The van der Waals surface area contributed by atoms with E-state index in [1.807, 2.05) is 18.0 Å². The Balaban J connectivity index is 1.72. The number of carbonyl (C=O) groups excluding carboxylic acids is 1. The first kappa shape index (κ1) is 14.4. The van der Waals surface area contributed by atoms with Gasteiger partial charge in [0.25, 0.3) is 0 Å². The second kappa shape index (κ2) is 6.45. The van der Waals surface area contributed by atoms with Crippen LogP contribution in [0.25, 0.3) is 0 Å². The van der Waals surface area contributed by atoms with Crippen molar-refractivity contribution in [2.45, 2.75) is 18.9 Å². The van der Waals surface area contributed by atoms with Crippen LogP contribution >= 0.6 is 15.9 Å². The van der Waals surface area contributed by atoms with E-state index in [-0.39, 0.29) is 12.0 Å². The predicted octanol–water partition coefficient (Wildman–Crippen LogP) is 1.49. The average Bonchev–Trinajstić information content (AvgIpc) is 2.30. The molecule has 1 saturated carbocycles. The van der Waals surface area contributed by atoms with Crippen LogP contribution in [0.1, 0.15) is 12.8 Å². The van der Waals surface area contributed by atoms with Crippen LogP contribution in [0.15, 0.2) is 22.8 Å². The minimum absolute atomic E-state index is 0.0720. The van der Waals surface area contributed by atoms with E-state index in [2.05, 4.69) is 26.2 Å². The predicted molar refractivity (Wildman–Crippen MR) is 76.8 cm³/mol. The number of likely N-dealkylation sites (N-methyl/N-ethyl adjacent to an activating group) is 1. The van der Waals surface area contributed by atoms with Gasteiger partial charge in [-0.2, -0.15) is 0 Å². The molecular formula is C13H18BrN3O2. The highest BCUT2D eigenvalue weighted by molar-refractivity contribution is 9.10. The minimum Gasteiger partial charge on any atom is -0.393 e. The van der Waals surface area contributed by atoms with Crippen LogP contribution in [0, 0.1) is 5.92 Å². The molecule has 1 aliphatic rings. The number of nitrogens with zero attached hydrogens (tertiary/aromatic N) is 2. The van der Waals surface area contributed by atoms with E-state index in [9.17, 15) is 9.90 Å². The maximum Gasteiger partial charge on any atom is 0.239 e. The van der Waals surface area contributed by atoms with E-state index in [0.29, 0.717) is 18.3 Å². The number of hydrogen-bond donors (Lipinski definition) is 2. The summed E-state index contributed by atoms with van der Waals surface area (Å²) in [5.74, 6) is 0.997. The van der Waals surface area contributed by atoms with Crippen LogP contribution in [0.5, 0.6) is 0 Å². The molecule has 104 valence electrons. The van der Waals surface area contributed by atoms with Crippen molar-refractivity contribution in [3.8, 4) is 0 Å². The van der Waals surface area contributed by atoms with Gasteiger partial charge in [-0.05, 0) is 53.9 Å². The van der Waals surface area contributed by atoms with Gasteiger partial charge in [0.1, 0.15) is 5.82 Å². The van der Waals surface area contributed by atoms with Gasteiger partial charge in [0.05, 0.1) is 12.6 Å². The summed E-state index contributed by atoms with van der Waals surface area (Å²) in [5, 5.41) is 12.0. The number of anilines is 1. The maximum atomic E-state index is 11.8. The molecule has 0 bridgehead atoms. The van der Waals surface area contributed by atoms with Gasteiger partial charge in [0.2, 0.25) is 5.91 Å². The summed E-state index contributed by atoms with van der Waals surface area (Å²) in [7, 11) is 1.92. The summed E-state index contributed by atoms with van der Waals surface area (Å²) in [6.45, 7) is 1.18. The number of halogens is 1. The first-order valence-corrected chi connectivity index (χ1v) is 7.10. The molecule has 0 aliphatic heterocycles. The van der Waals surface area contributed by atoms with Crippen molar-refractivity contribution < 1.29 is 9.90 Å². The van der Waals surface area contributed by atoms with Gasteiger partial charge < -0.3 is 10.4 Å². The number of amides is 1. The Labute approximate surface area is 121 Å². The standard InChI is InChI=1S/C13H18BrN3O2/c1-17(7-9-4-11(18)5-9)8-13(19)16-12-3-2-10(14)6-15-12/h2-3,6,9,11,18H,4-5,7-8H2,1H3,(H,15,16,19). The number of aliphatic hydroxyl groups is 1. The minimum atomic E-state index is -0.140. The van der Waals surface area contributed by atoms with E-state index in [4.69, 9.17) is 0 Å². The average molecular weight is 328 g/mol. The van der Waals surface area contributed by atoms with Crippen molar-refractivity contribution in [2.75, 3.05) is 25.5 Å². The number of carbonyl (C=O) groups is 1. The first-order chi connectivity index (χ1) is 9.02. The second-order valence-corrected chi connectivity index (χ2v) is 6.01. The van der Waals surface area contributed by atoms with Crippen molar-refractivity contribution in [1.29, 1.82) is 0 Å². The van der Waals surface area contributed by atoms with Crippen molar-refractivity contribution in [3.63, 3.8) is 0 Å². The lowest BCUT2D eigenvalue weighted by Crippen LogP contribution is -2.40. The molecule has 0 unspecified atom stereocenters. The monoisotopic (exact) mass is 327 g/mol. The number of rotatable bonds is 5. The van der Waals surface area contributed by atoms with Crippen LogP contribution in [-0.4, -0.2) is 47.1 Å². The van der Waals surface area contributed by atoms with Crippen LogP contribution in [0.3, 0.4) is 0 Å². The Bertz CT molecular complexity index is 432. The largest absolute Gasteiger partial charge is 0.393 e. The molecule has 0 saturated heterocycles. The molecule has 0 spiro atoms. The molecular weight excluding hydrogens is 310 g/mol. The highest BCUT2D eigenvalue weighted by Gasteiger charge is 2.28. The fraction of sp³-hybridized carbons (Fsp3) is 0.538. The maximum absolute atomic E-state index is 11.8. The molecule has 0 atom stereocenters. The van der Waals surface area contributed by atoms with Gasteiger partial charge in [-0.25, -0.2) is 4.98 Å². The fourth-order valence-electron chi connectivity index (χ4n) is 2.23. The number of hydrogen-bond acceptors (Lipinski definition) is 4. The fourth-order valence-corrected chi connectivity index (χ4v) is 2.47. The van der Waals surface area contributed by atoms with Gasteiger partial charge >= 0.3 is 0 Å². The number of nitrogens with one attached hydrogen (secondary N) is 1. The Hall–Kier alpha value is -0.980. The Kier molecular flexibility index (Phi) is 4.90. The number of pyridine rings is 1. The molecule has 1 heterocycles. The highest BCUT2D eigenvalue weighted by atomic mass is 79.9. The Morgan fingerprint density at radius 2 is 2.32 bits per heavy atom. The third-order valence-corrected chi connectivity index (χ3v) is 3.66. The molecule has 5 nitrogen and oxygen atoms in total. The quantitative estimate of drug-likeness (QED) is 0.859. The van der Waals surface area contributed by atoms with Crippen molar-refractivity contribution in [1.82, 2.24) is 9.88 Å². The molecule has 1 amide bonds. The molecule has 6 heteroatoms. The van der Waals surface area contributed by atoms with Crippen molar-refractivity contribution >= 4 is 27.7 Å².